The number of cyclic esters (lactones) is 1. The first kappa shape index (κ1) is 16.0. The predicted octanol–water partition coefficient (Wildman–Crippen LogP) is 2.45. The summed E-state index contributed by atoms with van der Waals surface area (Å²) in [7, 11) is 0. The van der Waals surface area contributed by atoms with E-state index in [2.05, 4.69) is 10.3 Å². The van der Waals surface area contributed by atoms with E-state index in [1.54, 1.807) is 29.4 Å². The van der Waals surface area contributed by atoms with Crippen LogP contribution in [-0.4, -0.2) is 36.2 Å². The van der Waals surface area contributed by atoms with Crippen LogP contribution >= 0.6 is 0 Å². The first-order valence-electron chi connectivity index (χ1n) is 7.78. The highest BCUT2D eigenvalue weighted by molar-refractivity contribution is 5.94. The Labute approximate surface area is 140 Å². The third-order valence-corrected chi connectivity index (χ3v) is 4.11. The Morgan fingerprint density at radius 1 is 1.25 bits per heavy atom. The lowest BCUT2D eigenvalue weighted by Crippen LogP contribution is -2.34. The van der Waals surface area contributed by atoms with Crippen LogP contribution in [0.15, 0.2) is 42.7 Å². The summed E-state index contributed by atoms with van der Waals surface area (Å²) in [6.07, 6.45) is 2.36. The molecule has 1 aliphatic rings. The van der Waals surface area contributed by atoms with E-state index in [-0.39, 0.29) is 24.6 Å². The summed E-state index contributed by atoms with van der Waals surface area (Å²) >= 11 is 0. The second-order valence-electron chi connectivity index (χ2n) is 5.83. The number of aromatic nitrogens is 1. The molecule has 2 heterocycles. The number of carbonyl (C=O) groups excluding carboxylic acids is 2. The SMILES string of the molecule is Cc1ccc(N2CC(CNC(=O)c3ccncc3)OC2=O)cc1C. The predicted molar refractivity (Wildman–Crippen MR) is 90.1 cm³/mol. The first-order valence-corrected chi connectivity index (χ1v) is 7.78. The zero-order valence-corrected chi connectivity index (χ0v) is 13.7. The van der Waals surface area contributed by atoms with Gasteiger partial charge in [0.2, 0.25) is 0 Å². The molecule has 24 heavy (non-hydrogen) atoms. The quantitative estimate of drug-likeness (QED) is 0.937. The molecule has 2 aromatic rings. The van der Waals surface area contributed by atoms with E-state index in [9.17, 15) is 9.59 Å². The molecular formula is C18H19N3O3. The van der Waals surface area contributed by atoms with Gasteiger partial charge in [0.25, 0.3) is 5.91 Å². The summed E-state index contributed by atoms with van der Waals surface area (Å²) < 4.78 is 5.34. The maximum absolute atomic E-state index is 12.1. The van der Waals surface area contributed by atoms with E-state index >= 15 is 0 Å². The molecule has 0 aliphatic carbocycles. The number of rotatable bonds is 4. The summed E-state index contributed by atoms with van der Waals surface area (Å²) in [5.74, 6) is -0.210. The van der Waals surface area contributed by atoms with E-state index in [1.165, 1.54) is 5.56 Å². The van der Waals surface area contributed by atoms with Crippen molar-refractivity contribution in [1.82, 2.24) is 10.3 Å². The molecule has 0 radical (unpaired) electrons. The summed E-state index contributed by atoms with van der Waals surface area (Å²) in [4.78, 5) is 29.6. The second kappa shape index (κ2) is 6.70. The average Bonchev–Trinajstić information content (AvgIpc) is 2.97. The third-order valence-electron chi connectivity index (χ3n) is 4.11. The lowest BCUT2D eigenvalue weighted by atomic mass is 10.1. The molecule has 1 aliphatic heterocycles. The van der Waals surface area contributed by atoms with Crippen molar-refractivity contribution >= 4 is 17.7 Å². The number of nitrogens with one attached hydrogen (secondary N) is 1. The number of ether oxygens (including phenoxy) is 1. The zero-order valence-electron chi connectivity index (χ0n) is 13.7. The fourth-order valence-electron chi connectivity index (χ4n) is 2.54. The molecule has 1 atom stereocenters. The number of anilines is 1. The summed E-state index contributed by atoms with van der Waals surface area (Å²) in [6, 6.07) is 9.13. The Hall–Kier alpha value is -2.89. The van der Waals surface area contributed by atoms with Gasteiger partial charge >= 0.3 is 6.09 Å². The van der Waals surface area contributed by atoms with Crippen LogP contribution in [0.3, 0.4) is 0 Å². The van der Waals surface area contributed by atoms with Crippen LogP contribution in [0.25, 0.3) is 0 Å². The van der Waals surface area contributed by atoms with Crippen LogP contribution in [0.2, 0.25) is 0 Å². The van der Waals surface area contributed by atoms with Crippen LogP contribution in [-0.2, 0) is 4.74 Å². The van der Waals surface area contributed by atoms with Crippen LogP contribution in [0.1, 0.15) is 21.5 Å². The van der Waals surface area contributed by atoms with E-state index in [1.807, 2.05) is 32.0 Å². The van der Waals surface area contributed by atoms with Crippen molar-refractivity contribution < 1.29 is 14.3 Å². The van der Waals surface area contributed by atoms with E-state index in [4.69, 9.17) is 4.74 Å². The maximum Gasteiger partial charge on any atom is 0.414 e. The van der Waals surface area contributed by atoms with Crippen molar-refractivity contribution in [3.8, 4) is 0 Å². The van der Waals surface area contributed by atoms with Crippen LogP contribution < -0.4 is 10.2 Å². The summed E-state index contributed by atoms with van der Waals surface area (Å²) in [5.41, 5.74) is 3.63. The first-order chi connectivity index (χ1) is 11.5. The van der Waals surface area contributed by atoms with Crippen molar-refractivity contribution in [2.24, 2.45) is 0 Å². The van der Waals surface area contributed by atoms with E-state index in [0.717, 1.165) is 11.3 Å². The van der Waals surface area contributed by atoms with Crippen LogP contribution in [0.4, 0.5) is 10.5 Å². The molecule has 2 amide bonds. The number of hydrogen-bond acceptors (Lipinski definition) is 4. The number of pyridine rings is 1. The van der Waals surface area contributed by atoms with Gasteiger partial charge in [0.1, 0.15) is 6.10 Å². The lowest BCUT2D eigenvalue weighted by Gasteiger charge is -2.14. The van der Waals surface area contributed by atoms with Gasteiger partial charge in [-0.3, -0.25) is 14.7 Å². The smallest absolute Gasteiger partial charge is 0.414 e. The van der Waals surface area contributed by atoms with Crippen molar-refractivity contribution in [3.05, 3.63) is 59.4 Å². The van der Waals surface area contributed by atoms with Crippen LogP contribution in [0, 0.1) is 13.8 Å². The number of amides is 2. The highest BCUT2D eigenvalue weighted by Gasteiger charge is 2.32. The van der Waals surface area contributed by atoms with Gasteiger partial charge in [-0.1, -0.05) is 6.07 Å². The zero-order chi connectivity index (χ0) is 17.1. The molecule has 3 rings (SSSR count). The minimum absolute atomic E-state index is 0.210. The van der Waals surface area contributed by atoms with Gasteiger partial charge in [0.05, 0.1) is 13.1 Å². The Kier molecular flexibility index (Phi) is 4.46. The van der Waals surface area contributed by atoms with Crippen molar-refractivity contribution in [2.75, 3.05) is 18.0 Å². The summed E-state index contributed by atoms with van der Waals surface area (Å²) in [5, 5.41) is 2.78. The fraction of sp³-hybridized carbons (Fsp3) is 0.278. The van der Waals surface area contributed by atoms with Crippen molar-refractivity contribution in [1.29, 1.82) is 0 Å². The molecule has 1 saturated heterocycles. The molecule has 1 fully saturated rings. The number of nitrogens with zero attached hydrogens (tertiary/aromatic N) is 2. The molecule has 124 valence electrons. The van der Waals surface area contributed by atoms with Gasteiger partial charge in [0, 0.05) is 23.6 Å². The highest BCUT2D eigenvalue weighted by Crippen LogP contribution is 2.23. The van der Waals surface area contributed by atoms with Gasteiger partial charge in [-0.2, -0.15) is 0 Å². The monoisotopic (exact) mass is 325 g/mol. The fourth-order valence-corrected chi connectivity index (χ4v) is 2.54. The molecule has 1 N–H and O–H groups in total. The average molecular weight is 325 g/mol. The molecule has 1 aromatic carbocycles. The standard InChI is InChI=1S/C18H19N3O3/c1-12-3-4-15(9-13(12)2)21-11-16(24-18(21)23)10-20-17(22)14-5-7-19-8-6-14/h3-9,16H,10-11H2,1-2H3,(H,20,22). The third kappa shape index (κ3) is 3.37. The Bertz CT molecular complexity index is 761. The number of aryl methyl sites for hydroxylation is 2. The molecule has 0 bridgehead atoms. The number of hydrogen-bond donors (Lipinski definition) is 1. The molecule has 0 spiro atoms. The Morgan fingerprint density at radius 2 is 2.00 bits per heavy atom. The Morgan fingerprint density at radius 3 is 2.71 bits per heavy atom. The van der Waals surface area contributed by atoms with Gasteiger partial charge < -0.3 is 10.1 Å². The molecule has 1 unspecified atom stereocenters. The lowest BCUT2D eigenvalue weighted by molar-refractivity contribution is 0.0916. The minimum Gasteiger partial charge on any atom is -0.442 e. The molecule has 1 aromatic heterocycles. The van der Waals surface area contributed by atoms with Gasteiger partial charge in [-0.25, -0.2) is 4.79 Å². The van der Waals surface area contributed by atoms with Crippen LogP contribution in [0.5, 0.6) is 0 Å². The van der Waals surface area contributed by atoms with E-state index < -0.39 is 0 Å². The molecule has 6 heteroatoms. The van der Waals surface area contributed by atoms with Crippen molar-refractivity contribution in [3.63, 3.8) is 0 Å². The number of benzene rings is 1. The molecule has 0 saturated carbocycles. The normalized spacial score (nSPS) is 16.8. The van der Waals surface area contributed by atoms with Gasteiger partial charge in [-0.15, -0.1) is 0 Å². The highest BCUT2D eigenvalue weighted by atomic mass is 16.6. The second-order valence-corrected chi connectivity index (χ2v) is 5.83. The largest absolute Gasteiger partial charge is 0.442 e. The summed E-state index contributed by atoms with van der Waals surface area (Å²) in [6.45, 7) is 4.72. The van der Waals surface area contributed by atoms with Gasteiger partial charge in [-0.05, 0) is 49.2 Å². The molecule has 6 nitrogen and oxygen atoms in total. The minimum atomic E-state index is -0.388. The van der Waals surface area contributed by atoms with Crippen molar-refractivity contribution in [2.45, 2.75) is 20.0 Å². The molecular weight excluding hydrogens is 306 g/mol. The topological polar surface area (TPSA) is 71.5 Å². The Balaban J connectivity index is 1.60. The number of carbonyl (C=O) groups is 2. The van der Waals surface area contributed by atoms with Gasteiger partial charge in [0.15, 0.2) is 0 Å². The maximum atomic E-state index is 12.1. The van der Waals surface area contributed by atoms with E-state index in [0.29, 0.717) is 12.1 Å².